The summed E-state index contributed by atoms with van der Waals surface area (Å²) in [4.78, 5) is 0. The molecule has 2 bridgehead atoms. The Hall–Kier alpha value is 0.240. The molecule has 4 heteroatoms. The Morgan fingerprint density at radius 1 is 1.08 bits per heavy atom. The molecule has 0 unspecified atom stereocenters. The first kappa shape index (κ1) is 8.82. The van der Waals surface area contributed by atoms with Crippen molar-refractivity contribution in [1.82, 2.24) is 0 Å². The minimum atomic E-state index is -2.85. The van der Waals surface area contributed by atoms with Crippen molar-refractivity contribution < 1.29 is 8.42 Å². The van der Waals surface area contributed by atoms with Crippen molar-refractivity contribution in [2.24, 2.45) is 0 Å². The van der Waals surface area contributed by atoms with E-state index in [1.807, 2.05) is 0 Å². The first-order valence-corrected chi connectivity index (χ1v) is 6.54. The number of rotatable bonds is 0. The van der Waals surface area contributed by atoms with Crippen LogP contribution in [0.15, 0.2) is 0 Å². The maximum atomic E-state index is 11.7. The SMILES string of the molecule is O=S1(=O)[C@@H]2CCC[C@@H]1[C@@H](Cl)CC2. The molecule has 0 N–H and O–H groups in total. The van der Waals surface area contributed by atoms with Crippen molar-refractivity contribution in [3.05, 3.63) is 0 Å². The molecule has 2 aliphatic rings. The van der Waals surface area contributed by atoms with Crippen LogP contribution < -0.4 is 0 Å². The van der Waals surface area contributed by atoms with Gasteiger partial charge in [-0.05, 0) is 25.7 Å². The lowest BCUT2D eigenvalue weighted by molar-refractivity contribution is 0.436. The number of hydrogen-bond acceptors (Lipinski definition) is 2. The third kappa shape index (κ3) is 1.18. The summed E-state index contributed by atoms with van der Waals surface area (Å²) >= 11 is 5.99. The third-order valence-corrected chi connectivity index (χ3v) is 6.55. The summed E-state index contributed by atoms with van der Waals surface area (Å²) in [6, 6.07) is 0. The predicted octanol–water partition coefficient (Wildman–Crippen LogP) is 1.72. The van der Waals surface area contributed by atoms with Gasteiger partial charge in [-0.25, -0.2) is 8.42 Å². The highest BCUT2D eigenvalue weighted by atomic mass is 35.5. The van der Waals surface area contributed by atoms with Gasteiger partial charge in [-0.3, -0.25) is 0 Å². The highest BCUT2D eigenvalue weighted by Crippen LogP contribution is 2.38. The second-order valence-electron chi connectivity index (χ2n) is 3.77. The summed E-state index contributed by atoms with van der Waals surface area (Å²) in [6.45, 7) is 0. The van der Waals surface area contributed by atoms with Crippen molar-refractivity contribution in [1.29, 1.82) is 0 Å². The summed E-state index contributed by atoms with van der Waals surface area (Å²) in [5.74, 6) is 0. The Morgan fingerprint density at radius 3 is 2.50 bits per heavy atom. The van der Waals surface area contributed by atoms with Gasteiger partial charge in [-0.2, -0.15) is 0 Å². The van der Waals surface area contributed by atoms with E-state index in [1.165, 1.54) is 0 Å². The van der Waals surface area contributed by atoms with E-state index >= 15 is 0 Å². The number of alkyl halides is 1. The van der Waals surface area contributed by atoms with Gasteiger partial charge in [-0.1, -0.05) is 6.42 Å². The molecular weight excluding hydrogens is 196 g/mol. The number of halogens is 1. The van der Waals surface area contributed by atoms with Crippen molar-refractivity contribution in [2.45, 2.75) is 48.0 Å². The Bertz CT molecular complexity index is 273. The van der Waals surface area contributed by atoms with E-state index < -0.39 is 9.84 Å². The molecule has 2 fully saturated rings. The van der Waals surface area contributed by atoms with Crippen LogP contribution in [-0.2, 0) is 9.84 Å². The van der Waals surface area contributed by atoms with Crippen LogP contribution in [-0.4, -0.2) is 24.3 Å². The Labute approximate surface area is 78.2 Å². The Kier molecular flexibility index (Phi) is 2.11. The molecule has 2 aliphatic heterocycles. The maximum absolute atomic E-state index is 11.7. The van der Waals surface area contributed by atoms with Crippen molar-refractivity contribution in [3.8, 4) is 0 Å². The lowest BCUT2D eigenvalue weighted by Crippen LogP contribution is -2.46. The zero-order valence-corrected chi connectivity index (χ0v) is 8.44. The van der Waals surface area contributed by atoms with E-state index in [0.29, 0.717) is 0 Å². The molecule has 2 nitrogen and oxygen atoms in total. The maximum Gasteiger partial charge on any atom is 0.157 e. The van der Waals surface area contributed by atoms with Gasteiger partial charge >= 0.3 is 0 Å². The van der Waals surface area contributed by atoms with Gasteiger partial charge in [0.2, 0.25) is 0 Å². The highest BCUT2D eigenvalue weighted by molar-refractivity contribution is 7.92. The number of hydrogen-bond donors (Lipinski definition) is 0. The molecule has 12 heavy (non-hydrogen) atoms. The number of fused-ring (bicyclic) bond motifs is 2. The molecule has 2 heterocycles. The summed E-state index contributed by atoms with van der Waals surface area (Å²) in [7, 11) is -2.85. The summed E-state index contributed by atoms with van der Waals surface area (Å²) < 4.78 is 23.4. The van der Waals surface area contributed by atoms with Crippen LogP contribution in [0.5, 0.6) is 0 Å². The van der Waals surface area contributed by atoms with Gasteiger partial charge in [0, 0.05) is 0 Å². The van der Waals surface area contributed by atoms with Gasteiger partial charge in [0.1, 0.15) is 0 Å². The molecule has 0 spiro atoms. The Morgan fingerprint density at radius 2 is 1.83 bits per heavy atom. The quantitative estimate of drug-likeness (QED) is 0.569. The normalized spacial score (nSPS) is 45.6. The van der Waals surface area contributed by atoms with Gasteiger partial charge in [-0.15, -0.1) is 11.6 Å². The zero-order chi connectivity index (χ0) is 8.77. The molecular formula is C8H13ClO2S. The fourth-order valence-electron chi connectivity index (χ4n) is 2.35. The lowest BCUT2D eigenvalue weighted by Gasteiger charge is -2.37. The van der Waals surface area contributed by atoms with Crippen LogP contribution in [0.25, 0.3) is 0 Å². The molecule has 3 atom stereocenters. The van der Waals surface area contributed by atoms with Crippen LogP contribution in [0.1, 0.15) is 32.1 Å². The van der Waals surface area contributed by atoms with Gasteiger partial charge < -0.3 is 0 Å². The second-order valence-corrected chi connectivity index (χ2v) is 6.78. The predicted molar refractivity (Wildman–Crippen MR) is 49.2 cm³/mol. The fraction of sp³-hybridized carbons (Fsp3) is 1.00. The summed E-state index contributed by atoms with van der Waals surface area (Å²) in [6.07, 6.45) is 4.36. The van der Waals surface area contributed by atoms with E-state index in [2.05, 4.69) is 0 Å². The average molecular weight is 209 g/mol. The van der Waals surface area contributed by atoms with Crippen LogP contribution in [0.2, 0.25) is 0 Å². The first-order chi connectivity index (χ1) is 5.62. The molecule has 2 rings (SSSR count). The lowest BCUT2D eigenvalue weighted by atomic mass is 9.98. The van der Waals surface area contributed by atoms with Crippen LogP contribution in [0.4, 0.5) is 0 Å². The summed E-state index contributed by atoms with van der Waals surface area (Å²) in [5.41, 5.74) is 0. The Balaban J connectivity index is 2.34. The van der Waals surface area contributed by atoms with Gasteiger partial charge in [0.15, 0.2) is 9.84 Å². The van der Waals surface area contributed by atoms with E-state index in [-0.39, 0.29) is 15.9 Å². The van der Waals surface area contributed by atoms with E-state index in [9.17, 15) is 8.42 Å². The van der Waals surface area contributed by atoms with Gasteiger partial charge in [0.25, 0.3) is 0 Å². The topological polar surface area (TPSA) is 34.1 Å². The van der Waals surface area contributed by atoms with E-state index in [1.54, 1.807) is 0 Å². The van der Waals surface area contributed by atoms with Crippen molar-refractivity contribution >= 4 is 21.4 Å². The average Bonchev–Trinajstić information content (AvgIpc) is 1.95. The second kappa shape index (κ2) is 2.88. The minimum Gasteiger partial charge on any atom is -0.228 e. The van der Waals surface area contributed by atoms with Crippen molar-refractivity contribution in [2.75, 3.05) is 0 Å². The molecule has 0 aromatic rings. The fourth-order valence-corrected chi connectivity index (χ4v) is 5.53. The van der Waals surface area contributed by atoms with E-state index in [4.69, 9.17) is 11.6 Å². The largest absolute Gasteiger partial charge is 0.228 e. The highest BCUT2D eigenvalue weighted by Gasteiger charge is 2.44. The van der Waals surface area contributed by atoms with E-state index in [0.717, 1.165) is 32.1 Å². The van der Waals surface area contributed by atoms with Gasteiger partial charge in [0.05, 0.1) is 15.9 Å². The number of sulfone groups is 1. The third-order valence-electron chi connectivity index (χ3n) is 3.07. The molecule has 0 aliphatic carbocycles. The molecule has 0 aromatic carbocycles. The minimum absolute atomic E-state index is 0.0637. The molecule has 2 saturated heterocycles. The zero-order valence-electron chi connectivity index (χ0n) is 6.87. The van der Waals surface area contributed by atoms with Crippen molar-refractivity contribution in [3.63, 3.8) is 0 Å². The smallest absolute Gasteiger partial charge is 0.157 e. The van der Waals surface area contributed by atoms with Crippen LogP contribution in [0.3, 0.4) is 0 Å². The molecule has 0 saturated carbocycles. The summed E-state index contributed by atoms with van der Waals surface area (Å²) in [5, 5.41) is -0.413. The first-order valence-electron chi connectivity index (χ1n) is 4.49. The monoisotopic (exact) mass is 208 g/mol. The molecule has 0 radical (unpaired) electrons. The van der Waals surface area contributed by atoms with Crippen LogP contribution in [0, 0.1) is 0 Å². The standard InChI is InChI=1S/C8H13ClO2S/c9-7-5-4-6-2-1-3-8(7)12(6,10)11/h6-8H,1-5H2/t6-,7+,8-/m1/s1. The molecule has 70 valence electrons. The molecule has 0 aromatic heterocycles. The molecule has 0 amide bonds. The van der Waals surface area contributed by atoms with Crippen LogP contribution >= 0.6 is 11.6 Å².